The number of carboxylic acid groups (broad SMARTS) is 1. The Morgan fingerprint density at radius 3 is 2.71 bits per heavy atom. The van der Waals surface area contributed by atoms with Crippen LogP contribution in [0.2, 0.25) is 5.02 Å². The van der Waals surface area contributed by atoms with E-state index in [2.05, 4.69) is 4.98 Å². The molecule has 0 unspecified atom stereocenters. The summed E-state index contributed by atoms with van der Waals surface area (Å²) >= 11 is 5.74. The summed E-state index contributed by atoms with van der Waals surface area (Å²) in [5.41, 5.74) is -1.01. The second kappa shape index (κ2) is 5.71. The molecule has 0 fully saturated rings. The lowest BCUT2D eigenvalue weighted by Crippen LogP contribution is -2.02. The van der Waals surface area contributed by atoms with Crippen LogP contribution < -0.4 is 4.74 Å². The molecule has 1 aromatic heterocycles. The summed E-state index contributed by atoms with van der Waals surface area (Å²) in [5.74, 6) is -2.46. The third-order valence-corrected chi connectivity index (χ3v) is 2.67. The molecule has 2 rings (SSSR count). The number of nitro groups is 1. The molecule has 0 aliphatic carbocycles. The van der Waals surface area contributed by atoms with Crippen molar-refractivity contribution in [3.8, 4) is 11.6 Å². The maximum absolute atomic E-state index is 12.9. The third-order valence-electron chi connectivity index (χ3n) is 2.38. The molecule has 21 heavy (non-hydrogen) atoms. The molecule has 9 heteroatoms. The van der Waals surface area contributed by atoms with Crippen LogP contribution >= 0.6 is 11.6 Å². The van der Waals surface area contributed by atoms with E-state index in [1.54, 1.807) is 0 Å². The van der Waals surface area contributed by atoms with Crippen molar-refractivity contribution in [1.82, 2.24) is 4.98 Å². The van der Waals surface area contributed by atoms with Crippen LogP contribution in [0.3, 0.4) is 0 Å². The van der Waals surface area contributed by atoms with Crippen LogP contribution in [0.5, 0.6) is 11.6 Å². The molecule has 1 N–H and O–H groups in total. The molecule has 0 saturated carbocycles. The summed E-state index contributed by atoms with van der Waals surface area (Å²) in [7, 11) is 0. The summed E-state index contributed by atoms with van der Waals surface area (Å²) < 4.78 is 18.1. The number of halogens is 2. The van der Waals surface area contributed by atoms with Crippen molar-refractivity contribution < 1.29 is 24.0 Å². The van der Waals surface area contributed by atoms with Gasteiger partial charge in [0.15, 0.2) is 0 Å². The Morgan fingerprint density at radius 1 is 1.43 bits per heavy atom. The van der Waals surface area contributed by atoms with Gasteiger partial charge in [-0.3, -0.25) is 10.1 Å². The number of benzene rings is 1. The van der Waals surface area contributed by atoms with Gasteiger partial charge in [-0.25, -0.2) is 14.2 Å². The number of carboxylic acids is 1. The van der Waals surface area contributed by atoms with E-state index in [1.807, 2.05) is 0 Å². The number of pyridine rings is 1. The van der Waals surface area contributed by atoms with Gasteiger partial charge in [0.2, 0.25) is 0 Å². The van der Waals surface area contributed by atoms with Gasteiger partial charge in [0.25, 0.3) is 5.88 Å². The molecule has 2 aromatic rings. The maximum atomic E-state index is 12.9. The molecule has 0 amide bonds. The van der Waals surface area contributed by atoms with Crippen molar-refractivity contribution in [3.63, 3.8) is 0 Å². The Kier molecular flexibility index (Phi) is 3.99. The highest BCUT2D eigenvalue weighted by Crippen LogP contribution is 2.33. The van der Waals surface area contributed by atoms with Crippen molar-refractivity contribution in [1.29, 1.82) is 0 Å². The number of hydrogen-bond donors (Lipinski definition) is 1. The molecule has 7 nitrogen and oxygen atoms in total. The van der Waals surface area contributed by atoms with Crippen molar-refractivity contribution in [2.45, 2.75) is 0 Å². The molecule has 0 bridgehead atoms. The van der Waals surface area contributed by atoms with Gasteiger partial charge in [-0.2, -0.15) is 0 Å². The number of carbonyl (C=O) groups is 1. The third kappa shape index (κ3) is 3.23. The fourth-order valence-corrected chi connectivity index (χ4v) is 1.63. The van der Waals surface area contributed by atoms with Crippen LogP contribution in [-0.4, -0.2) is 21.0 Å². The lowest BCUT2D eigenvalue weighted by molar-refractivity contribution is -0.386. The van der Waals surface area contributed by atoms with Crippen molar-refractivity contribution in [3.05, 3.63) is 57.0 Å². The number of hydrogen-bond acceptors (Lipinski definition) is 5. The molecule has 0 atom stereocenters. The summed E-state index contributed by atoms with van der Waals surface area (Å²) in [4.78, 5) is 24.4. The van der Waals surface area contributed by atoms with Gasteiger partial charge in [0.1, 0.15) is 11.6 Å². The predicted molar refractivity (Wildman–Crippen MR) is 69.3 cm³/mol. The first-order valence-electron chi connectivity index (χ1n) is 5.39. The lowest BCUT2D eigenvalue weighted by Gasteiger charge is -2.07. The minimum atomic E-state index is -1.36. The van der Waals surface area contributed by atoms with Crippen LogP contribution in [0.25, 0.3) is 0 Å². The first kappa shape index (κ1) is 14.7. The van der Waals surface area contributed by atoms with Crippen LogP contribution in [-0.2, 0) is 0 Å². The minimum absolute atomic E-state index is 0.0447. The molecule has 0 spiro atoms. The molecule has 0 saturated heterocycles. The maximum Gasteiger partial charge on any atom is 0.337 e. The van der Waals surface area contributed by atoms with Crippen molar-refractivity contribution >= 4 is 23.3 Å². The van der Waals surface area contributed by atoms with E-state index < -0.39 is 28.3 Å². The van der Waals surface area contributed by atoms with Gasteiger partial charge < -0.3 is 9.84 Å². The first-order valence-corrected chi connectivity index (χ1v) is 5.77. The van der Waals surface area contributed by atoms with E-state index in [9.17, 15) is 19.3 Å². The molecular weight excluding hydrogens is 307 g/mol. The summed E-state index contributed by atoms with van der Waals surface area (Å²) in [6, 6.07) is 4.00. The Morgan fingerprint density at radius 2 is 2.14 bits per heavy atom. The fourth-order valence-electron chi connectivity index (χ4n) is 1.43. The quantitative estimate of drug-likeness (QED) is 0.686. The summed E-state index contributed by atoms with van der Waals surface area (Å²) in [6.45, 7) is 0. The average molecular weight is 313 g/mol. The minimum Gasteiger partial charge on any atom is -0.478 e. The Bertz CT molecular complexity index is 738. The van der Waals surface area contributed by atoms with Crippen molar-refractivity contribution in [2.75, 3.05) is 0 Å². The molecule has 0 radical (unpaired) electrons. The Balaban J connectivity index is 2.44. The molecule has 108 valence electrons. The summed E-state index contributed by atoms with van der Waals surface area (Å²) in [5, 5.41) is 19.6. The highest BCUT2D eigenvalue weighted by Gasteiger charge is 2.21. The number of nitrogens with zero attached hydrogens (tertiary/aromatic N) is 2. The SMILES string of the molecule is O=C(O)c1cnc(Oc2ccc(F)cc2Cl)c([N+](=O)[O-])c1. The zero-order valence-corrected chi connectivity index (χ0v) is 10.9. The second-order valence-corrected chi connectivity index (χ2v) is 4.19. The van der Waals surface area contributed by atoms with Gasteiger partial charge in [-0.1, -0.05) is 11.6 Å². The highest BCUT2D eigenvalue weighted by atomic mass is 35.5. The fraction of sp³-hybridized carbons (Fsp3) is 0. The monoisotopic (exact) mass is 312 g/mol. The number of aromatic carboxylic acids is 1. The van der Waals surface area contributed by atoms with Gasteiger partial charge in [0.05, 0.1) is 15.5 Å². The number of ether oxygens (including phenoxy) is 1. The zero-order chi connectivity index (χ0) is 15.6. The lowest BCUT2D eigenvalue weighted by atomic mass is 10.2. The number of rotatable bonds is 4. The van der Waals surface area contributed by atoms with Crippen molar-refractivity contribution in [2.24, 2.45) is 0 Å². The van der Waals surface area contributed by atoms with E-state index in [1.165, 1.54) is 6.07 Å². The topological polar surface area (TPSA) is 103 Å². The average Bonchev–Trinajstić information content (AvgIpc) is 2.41. The Hall–Kier alpha value is -2.74. The molecule has 1 aromatic carbocycles. The van der Waals surface area contributed by atoms with E-state index in [-0.39, 0.29) is 16.3 Å². The molecular formula is C12H6ClFN2O5. The van der Waals surface area contributed by atoms with Crippen LogP contribution in [0.1, 0.15) is 10.4 Å². The molecule has 0 aliphatic rings. The van der Waals surface area contributed by atoms with Gasteiger partial charge in [0, 0.05) is 12.3 Å². The van der Waals surface area contributed by atoms with Crippen LogP contribution in [0, 0.1) is 15.9 Å². The van der Waals surface area contributed by atoms with E-state index in [0.717, 1.165) is 24.4 Å². The normalized spacial score (nSPS) is 10.2. The highest BCUT2D eigenvalue weighted by molar-refractivity contribution is 6.32. The van der Waals surface area contributed by atoms with E-state index in [4.69, 9.17) is 21.4 Å². The molecule has 0 aliphatic heterocycles. The van der Waals surface area contributed by atoms with Gasteiger partial charge >= 0.3 is 11.7 Å². The smallest absolute Gasteiger partial charge is 0.337 e. The van der Waals surface area contributed by atoms with E-state index >= 15 is 0 Å². The van der Waals surface area contributed by atoms with E-state index in [0.29, 0.717) is 0 Å². The van der Waals surface area contributed by atoms with Gasteiger partial charge in [-0.15, -0.1) is 0 Å². The van der Waals surface area contributed by atoms with Gasteiger partial charge in [-0.05, 0) is 18.2 Å². The zero-order valence-electron chi connectivity index (χ0n) is 10.1. The first-order chi connectivity index (χ1) is 9.88. The number of aromatic nitrogens is 1. The largest absolute Gasteiger partial charge is 0.478 e. The van der Waals surface area contributed by atoms with Crippen LogP contribution in [0.15, 0.2) is 30.5 Å². The predicted octanol–water partition coefficient (Wildman–Crippen LogP) is 3.27. The second-order valence-electron chi connectivity index (χ2n) is 3.79. The standard InChI is InChI=1S/C12H6ClFN2O5/c13-8-4-7(14)1-2-10(8)21-11-9(16(19)20)3-6(5-15-11)12(17)18/h1-5H,(H,17,18). The van der Waals surface area contributed by atoms with Crippen LogP contribution in [0.4, 0.5) is 10.1 Å². The Labute approximate surface area is 121 Å². The molecule has 1 heterocycles. The summed E-state index contributed by atoms with van der Waals surface area (Å²) in [6.07, 6.45) is 0.905.